The molecule has 9 aromatic rings. The van der Waals surface area contributed by atoms with Crippen molar-refractivity contribution >= 4 is 10.8 Å². The molecule has 0 aliphatic heterocycles. The monoisotopic (exact) mass is 757 g/mol. The maximum Gasteiger partial charge on any atom is 0.164 e. The molecular formula is C54H39N5. The molecule has 0 bridgehead atoms. The van der Waals surface area contributed by atoms with E-state index in [1.54, 1.807) is 0 Å². The molecule has 280 valence electrons. The molecule has 2 atom stereocenters. The van der Waals surface area contributed by atoms with Crippen molar-refractivity contribution in [3.63, 3.8) is 0 Å². The van der Waals surface area contributed by atoms with Crippen LogP contribution in [0.2, 0.25) is 0 Å². The van der Waals surface area contributed by atoms with Crippen LogP contribution >= 0.6 is 0 Å². The molecule has 3 aliphatic rings. The fraction of sp³-hybridized carbons (Fsp3) is 0.130. The highest BCUT2D eigenvalue weighted by Gasteiger charge is 2.71. The minimum absolute atomic E-state index is 0.425. The third-order valence-electron chi connectivity index (χ3n) is 13.4. The minimum Gasteiger partial charge on any atom is -0.228 e. The Labute approximate surface area is 343 Å². The van der Waals surface area contributed by atoms with E-state index in [9.17, 15) is 0 Å². The molecular weight excluding hydrogens is 719 g/mol. The highest BCUT2D eigenvalue weighted by atomic mass is 15.0. The molecule has 2 unspecified atom stereocenters. The quantitative estimate of drug-likeness (QED) is 0.154. The molecule has 3 aliphatic carbocycles. The summed E-state index contributed by atoms with van der Waals surface area (Å²) in [5.41, 5.74) is 11.9. The third-order valence-corrected chi connectivity index (χ3v) is 13.4. The maximum atomic E-state index is 5.36. The van der Waals surface area contributed by atoms with Gasteiger partial charge >= 0.3 is 0 Å². The van der Waals surface area contributed by atoms with Crippen molar-refractivity contribution in [1.82, 2.24) is 24.9 Å². The molecule has 2 aromatic heterocycles. The van der Waals surface area contributed by atoms with Crippen LogP contribution in [0.4, 0.5) is 0 Å². The van der Waals surface area contributed by atoms with Crippen LogP contribution in [0, 0.1) is 17.8 Å². The lowest BCUT2D eigenvalue weighted by molar-refractivity contribution is -0.219. The Kier molecular flexibility index (Phi) is 7.77. The number of fused-ring (bicyclic) bond motifs is 1. The van der Waals surface area contributed by atoms with E-state index in [2.05, 4.69) is 121 Å². The number of hydrogen-bond donors (Lipinski definition) is 0. The Bertz CT molecular complexity index is 2970. The van der Waals surface area contributed by atoms with Gasteiger partial charge in [-0.25, -0.2) is 24.9 Å². The summed E-state index contributed by atoms with van der Waals surface area (Å²) in [6.45, 7) is 0. The van der Waals surface area contributed by atoms with Gasteiger partial charge in [0.1, 0.15) is 0 Å². The van der Waals surface area contributed by atoms with Crippen LogP contribution in [0.1, 0.15) is 24.8 Å². The van der Waals surface area contributed by atoms with E-state index < -0.39 is 0 Å². The number of hydrogen-bond acceptors (Lipinski definition) is 5. The molecule has 12 rings (SSSR count). The second-order valence-corrected chi connectivity index (χ2v) is 16.6. The van der Waals surface area contributed by atoms with Gasteiger partial charge in [-0.1, -0.05) is 170 Å². The van der Waals surface area contributed by atoms with Crippen LogP contribution in [0.15, 0.2) is 182 Å². The summed E-state index contributed by atoms with van der Waals surface area (Å²) in [6.07, 6.45) is 4.18. The highest BCUT2D eigenvalue weighted by molar-refractivity contribution is 6.03. The van der Waals surface area contributed by atoms with Crippen molar-refractivity contribution in [2.75, 3.05) is 0 Å². The first-order chi connectivity index (χ1) is 29.2. The standard InChI is InChI=1S/C54H39N5/c1-4-13-34(14-5-1)38-19-10-20-39(29-38)48-31-47(35-25-27-42(28-26-35)54-32-40-30-41(33-54)49(40)54)55-52(56-48)45-23-11-22-44-43(45)21-12-24-46(44)53-58-50(36-15-6-2-7-16-36)57-51(59-53)37-17-8-3-9-18-37/h1-29,31,40-41,49H,30,32-33H2. The zero-order valence-corrected chi connectivity index (χ0v) is 32.4. The molecule has 0 spiro atoms. The summed E-state index contributed by atoms with van der Waals surface area (Å²) in [6, 6.07) is 63.6. The zero-order valence-electron chi connectivity index (χ0n) is 32.4. The number of nitrogens with zero attached hydrogens (tertiary/aromatic N) is 5. The molecule has 3 saturated carbocycles. The fourth-order valence-electron chi connectivity index (χ4n) is 10.5. The van der Waals surface area contributed by atoms with Gasteiger partial charge in [-0.15, -0.1) is 0 Å². The van der Waals surface area contributed by atoms with Crippen molar-refractivity contribution in [2.24, 2.45) is 17.8 Å². The first-order valence-electron chi connectivity index (χ1n) is 20.7. The van der Waals surface area contributed by atoms with E-state index in [0.717, 1.165) is 78.9 Å². The molecule has 5 heteroatoms. The van der Waals surface area contributed by atoms with Gasteiger partial charge in [0.2, 0.25) is 0 Å². The minimum atomic E-state index is 0.425. The number of aromatic nitrogens is 5. The van der Waals surface area contributed by atoms with Crippen molar-refractivity contribution < 1.29 is 0 Å². The first-order valence-corrected chi connectivity index (χ1v) is 20.7. The van der Waals surface area contributed by atoms with E-state index in [4.69, 9.17) is 24.9 Å². The lowest BCUT2D eigenvalue weighted by atomic mass is 9.28. The molecule has 5 nitrogen and oxygen atoms in total. The lowest BCUT2D eigenvalue weighted by Crippen LogP contribution is -2.71. The van der Waals surface area contributed by atoms with Crippen molar-refractivity contribution in [1.29, 1.82) is 0 Å². The molecule has 59 heavy (non-hydrogen) atoms. The molecule has 3 fully saturated rings. The van der Waals surface area contributed by atoms with Gasteiger partial charge in [0.25, 0.3) is 0 Å². The topological polar surface area (TPSA) is 64.5 Å². The molecule has 2 heterocycles. The van der Waals surface area contributed by atoms with Crippen molar-refractivity contribution in [3.05, 3.63) is 188 Å². The Morgan fingerprint density at radius 1 is 0.356 bits per heavy atom. The number of rotatable bonds is 8. The van der Waals surface area contributed by atoms with E-state index in [-0.39, 0.29) is 0 Å². The van der Waals surface area contributed by atoms with Gasteiger partial charge in [-0.2, -0.15) is 0 Å². The predicted octanol–water partition coefficient (Wildman–Crippen LogP) is 12.8. The van der Waals surface area contributed by atoms with Gasteiger partial charge < -0.3 is 0 Å². The van der Waals surface area contributed by atoms with Gasteiger partial charge in [0, 0.05) is 33.4 Å². The van der Waals surface area contributed by atoms with Gasteiger partial charge in [-0.05, 0) is 82.0 Å². The normalized spacial score (nSPS) is 19.9. The third kappa shape index (κ3) is 5.64. The van der Waals surface area contributed by atoms with Crippen LogP contribution in [0.3, 0.4) is 0 Å². The summed E-state index contributed by atoms with van der Waals surface area (Å²) in [5.74, 6) is 5.42. The summed E-state index contributed by atoms with van der Waals surface area (Å²) in [4.78, 5) is 25.8. The summed E-state index contributed by atoms with van der Waals surface area (Å²) in [5, 5.41) is 2.05. The van der Waals surface area contributed by atoms with E-state index in [1.807, 2.05) is 60.7 Å². The fourth-order valence-corrected chi connectivity index (χ4v) is 10.5. The lowest BCUT2D eigenvalue weighted by Gasteiger charge is -2.76. The smallest absolute Gasteiger partial charge is 0.164 e. The molecule has 0 saturated heterocycles. The molecule has 0 radical (unpaired) electrons. The second-order valence-electron chi connectivity index (χ2n) is 16.6. The summed E-state index contributed by atoms with van der Waals surface area (Å²) >= 11 is 0. The van der Waals surface area contributed by atoms with Crippen LogP contribution in [-0.2, 0) is 5.41 Å². The maximum absolute atomic E-state index is 5.36. The SMILES string of the molecule is c1ccc(-c2cccc(-c3cc(-c4ccc(C56CC7CC(C5)C76)cc4)nc(-c4cccc5c(-c6nc(-c7ccccc7)nc(-c7ccccc7)n6)cccc45)n3)c2)cc1. The Hall–Kier alpha value is -7.11. The summed E-state index contributed by atoms with van der Waals surface area (Å²) < 4.78 is 0. The van der Waals surface area contributed by atoms with Gasteiger partial charge in [-0.3, -0.25) is 0 Å². The Morgan fingerprint density at radius 2 is 0.831 bits per heavy atom. The Morgan fingerprint density at radius 3 is 1.39 bits per heavy atom. The number of benzene rings is 7. The largest absolute Gasteiger partial charge is 0.228 e. The summed E-state index contributed by atoms with van der Waals surface area (Å²) in [7, 11) is 0. The Balaban J connectivity index is 1.00. The van der Waals surface area contributed by atoms with Gasteiger partial charge in [0.05, 0.1) is 11.4 Å². The van der Waals surface area contributed by atoms with Crippen LogP contribution < -0.4 is 0 Å². The van der Waals surface area contributed by atoms with E-state index >= 15 is 0 Å². The predicted molar refractivity (Wildman–Crippen MR) is 237 cm³/mol. The second kappa shape index (κ2) is 13.5. The molecule has 7 aromatic carbocycles. The molecule has 0 N–H and O–H groups in total. The van der Waals surface area contributed by atoms with Crippen LogP contribution in [0.25, 0.3) is 90.0 Å². The highest BCUT2D eigenvalue weighted by Crippen LogP contribution is 2.77. The average Bonchev–Trinajstić information content (AvgIpc) is 3.31. The van der Waals surface area contributed by atoms with Gasteiger partial charge in [0.15, 0.2) is 23.3 Å². The van der Waals surface area contributed by atoms with Crippen LogP contribution in [0.5, 0.6) is 0 Å². The van der Waals surface area contributed by atoms with Crippen LogP contribution in [-0.4, -0.2) is 24.9 Å². The van der Waals surface area contributed by atoms with Crippen molar-refractivity contribution in [3.8, 4) is 79.2 Å². The van der Waals surface area contributed by atoms with E-state index in [0.29, 0.717) is 28.7 Å². The van der Waals surface area contributed by atoms with E-state index in [1.165, 1.54) is 30.4 Å². The zero-order chi connectivity index (χ0) is 38.9. The first kappa shape index (κ1) is 34.0. The average molecular weight is 758 g/mol. The molecule has 0 amide bonds. The van der Waals surface area contributed by atoms with Crippen molar-refractivity contribution in [2.45, 2.75) is 24.7 Å².